The maximum Gasteiger partial charge on any atom is 0.404 e. The Balaban J connectivity index is 1.80. The normalized spacial score (nSPS) is 16.6. The number of hydrogen-bond donors (Lipinski definition) is 3. The number of anilines is 1. The van der Waals surface area contributed by atoms with Crippen LogP contribution in [0.5, 0.6) is 0 Å². The number of carboxylic acid groups (broad SMARTS) is 1. The third-order valence-corrected chi connectivity index (χ3v) is 3.96. The van der Waals surface area contributed by atoms with Crippen molar-refractivity contribution in [2.24, 2.45) is 0 Å². The van der Waals surface area contributed by atoms with Crippen LogP contribution in [0.15, 0.2) is 18.5 Å². The molecule has 0 radical (unpaired) electrons. The minimum Gasteiger partial charge on any atom is -0.465 e. The van der Waals surface area contributed by atoms with Crippen molar-refractivity contribution in [3.8, 4) is 0 Å². The van der Waals surface area contributed by atoms with Crippen LogP contribution < -0.4 is 10.2 Å². The van der Waals surface area contributed by atoms with E-state index in [9.17, 15) is 4.79 Å². The van der Waals surface area contributed by atoms with E-state index >= 15 is 0 Å². The summed E-state index contributed by atoms with van der Waals surface area (Å²) in [6, 6.07) is 1.98. The summed E-state index contributed by atoms with van der Waals surface area (Å²) in [5.74, 6) is 0. The van der Waals surface area contributed by atoms with Crippen LogP contribution in [0, 0.1) is 0 Å². The lowest BCUT2D eigenvalue weighted by Crippen LogP contribution is -2.44. The van der Waals surface area contributed by atoms with Gasteiger partial charge >= 0.3 is 6.09 Å². The summed E-state index contributed by atoms with van der Waals surface area (Å²) < 4.78 is 0. The number of fused-ring (bicyclic) bond motifs is 1. The van der Waals surface area contributed by atoms with Crippen molar-refractivity contribution in [2.75, 3.05) is 18.0 Å². The van der Waals surface area contributed by atoms with E-state index in [1.54, 1.807) is 12.4 Å². The number of amides is 1. The number of aromatic amines is 1. The zero-order chi connectivity index (χ0) is 14.1. The monoisotopic (exact) mass is 294 g/mol. The predicted octanol–water partition coefficient (Wildman–Crippen LogP) is 2.45. The number of nitrogens with zero attached hydrogens (tertiary/aromatic N) is 2. The van der Waals surface area contributed by atoms with Gasteiger partial charge in [0.1, 0.15) is 5.65 Å². The first-order chi connectivity index (χ1) is 9.65. The Hall–Kier alpha value is -1.95. The number of rotatable bonds is 2. The van der Waals surface area contributed by atoms with Gasteiger partial charge in [-0.1, -0.05) is 11.6 Å². The summed E-state index contributed by atoms with van der Waals surface area (Å²) in [5.41, 5.74) is 1.83. The van der Waals surface area contributed by atoms with Gasteiger partial charge in [-0.05, 0) is 18.9 Å². The van der Waals surface area contributed by atoms with Crippen LogP contribution in [0.1, 0.15) is 12.8 Å². The van der Waals surface area contributed by atoms with Crippen LogP contribution in [-0.4, -0.2) is 40.3 Å². The number of hydrogen-bond acceptors (Lipinski definition) is 3. The van der Waals surface area contributed by atoms with Crippen LogP contribution in [-0.2, 0) is 0 Å². The first kappa shape index (κ1) is 13.1. The van der Waals surface area contributed by atoms with Crippen molar-refractivity contribution in [1.82, 2.24) is 15.3 Å². The second-order valence-corrected chi connectivity index (χ2v) is 5.31. The molecule has 1 aliphatic rings. The second-order valence-electron chi connectivity index (χ2n) is 4.90. The molecule has 3 rings (SSSR count). The molecule has 0 bridgehead atoms. The summed E-state index contributed by atoms with van der Waals surface area (Å²) in [6.07, 6.45) is 4.12. The molecule has 1 fully saturated rings. The van der Waals surface area contributed by atoms with Gasteiger partial charge in [-0.25, -0.2) is 9.78 Å². The lowest BCUT2D eigenvalue weighted by atomic mass is 10.0. The molecule has 2 aromatic heterocycles. The van der Waals surface area contributed by atoms with Gasteiger partial charge in [0.05, 0.1) is 16.1 Å². The molecule has 2 aromatic rings. The third kappa shape index (κ3) is 2.38. The van der Waals surface area contributed by atoms with Gasteiger partial charge in [0.2, 0.25) is 0 Å². The lowest BCUT2D eigenvalue weighted by Gasteiger charge is -2.33. The van der Waals surface area contributed by atoms with Gasteiger partial charge in [0.25, 0.3) is 0 Å². The average Bonchev–Trinajstić information content (AvgIpc) is 2.81. The molecule has 1 aliphatic heterocycles. The number of aromatic nitrogens is 2. The fourth-order valence-corrected chi connectivity index (χ4v) is 2.94. The Labute approximate surface area is 120 Å². The summed E-state index contributed by atoms with van der Waals surface area (Å²) in [7, 11) is 0. The third-order valence-electron chi connectivity index (χ3n) is 3.67. The van der Waals surface area contributed by atoms with Crippen molar-refractivity contribution in [2.45, 2.75) is 18.9 Å². The number of piperidine rings is 1. The van der Waals surface area contributed by atoms with E-state index in [0.29, 0.717) is 5.02 Å². The van der Waals surface area contributed by atoms with E-state index in [4.69, 9.17) is 16.7 Å². The SMILES string of the molecule is O=C(O)NC1CCN(c2ccnc3[nH]cc(Cl)c23)CC1. The number of carbonyl (C=O) groups is 1. The summed E-state index contributed by atoms with van der Waals surface area (Å²) in [4.78, 5) is 20.2. The van der Waals surface area contributed by atoms with Gasteiger partial charge < -0.3 is 20.3 Å². The van der Waals surface area contributed by atoms with Crippen LogP contribution >= 0.6 is 11.6 Å². The Morgan fingerprint density at radius 3 is 2.95 bits per heavy atom. The molecule has 7 heteroatoms. The Morgan fingerprint density at radius 2 is 2.25 bits per heavy atom. The number of H-pyrrole nitrogens is 1. The topological polar surface area (TPSA) is 81.2 Å². The molecule has 3 heterocycles. The van der Waals surface area contributed by atoms with Crippen LogP contribution in [0.25, 0.3) is 11.0 Å². The molecule has 20 heavy (non-hydrogen) atoms. The maximum absolute atomic E-state index is 10.6. The zero-order valence-electron chi connectivity index (χ0n) is 10.8. The summed E-state index contributed by atoms with van der Waals surface area (Å²) >= 11 is 6.21. The minimum absolute atomic E-state index is 0.0303. The molecule has 0 aliphatic carbocycles. The van der Waals surface area contributed by atoms with Crippen LogP contribution in [0.3, 0.4) is 0 Å². The largest absolute Gasteiger partial charge is 0.465 e. The van der Waals surface area contributed by atoms with Crippen LogP contribution in [0.2, 0.25) is 5.02 Å². The highest BCUT2D eigenvalue weighted by Crippen LogP contribution is 2.32. The van der Waals surface area contributed by atoms with Crippen molar-refractivity contribution in [1.29, 1.82) is 0 Å². The highest BCUT2D eigenvalue weighted by molar-refractivity contribution is 6.36. The quantitative estimate of drug-likeness (QED) is 0.795. The molecular formula is C13H15ClN4O2. The second kappa shape index (κ2) is 5.20. The molecule has 0 aromatic carbocycles. The molecule has 1 amide bonds. The molecule has 6 nitrogen and oxygen atoms in total. The predicted molar refractivity (Wildman–Crippen MR) is 77.5 cm³/mol. The van der Waals surface area contributed by atoms with Crippen molar-refractivity contribution < 1.29 is 9.90 Å². The van der Waals surface area contributed by atoms with E-state index in [2.05, 4.69) is 20.2 Å². The highest BCUT2D eigenvalue weighted by atomic mass is 35.5. The number of nitrogens with one attached hydrogen (secondary N) is 2. The molecule has 0 unspecified atom stereocenters. The molecule has 0 atom stereocenters. The molecule has 106 valence electrons. The smallest absolute Gasteiger partial charge is 0.404 e. The molecule has 0 saturated carbocycles. The van der Waals surface area contributed by atoms with E-state index in [-0.39, 0.29) is 6.04 Å². The van der Waals surface area contributed by atoms with Crippen molar-refractivity contribution >= 4 is 34.4 Å². The van der Waals surface area contributed by atoms with Gasteiger partial charge in [-0.15, -0.1) is 0 Å². The first-order valence-corrected chi connectivity index (χ1v) is 6.89. The minimum atomic E-state index is -0.955. The Kier molecular flexibility index (Phi) is 3.40. The van der Waals surface area contributed by atoms with Gasteiger partial charge in [0, 0.05) is 31.5 Å². The highest BCUT2D eigenvalue weighted by Gasteiger charge is 2.22. The molecule has 3 N–H and O–H groups in total. The van der Waals surface area contributed by atoms with Crippen LogP contribution in [0.4, 0.5) is 10.5 Å². The zero-order valence-corrected chi connectivity index (χ0v) is 11.5. The van der Waals surface area contributed by atoms with Gasteiger partial charge in [-0.2, -0.15) is 0 Å². The lowest BCUT2D eigenvalue weighted by molar-refractivity contribution is 0.187. The fraction of sp³-hybridized carbons (Fsp3) is 0.385. The first-order valence-electron chi connectivity index (χ1n) is 6.51. The van der Waals surface area contributed by atoms with Gasteiger partial charge in [0.15, 0.2) is 0 Å². The molecule has 0 spiro atoms. The van der Waals surface area contributed by atoms with Crippen molar-refractivity contribution in [3.63, 3.8) is 0 Å². The summed E-state index contributed by atoms with van der Waals surface area (Å²) in [5, 5.41) is 12.9. The van der Waals surface area contributed by atoms with E-state index < -0.39 is 6.09 Å². The fourth-order valence-electron chi connectivity index (χ4n) is 2.70. The number of pyridine rings is 1. The maximum atomic E-state index is 10.6. The van der Waals surface area contributed by atoms with Gasteiger partial charge in [-0.3, -0.25) is 0 Å². The number of halogens is 1. The Morgan fingerprint density at radius 1 is 1.50 bits per heavy atom. The van der Waals surface area contributed by atoms with E-state index in [0.717, 1.165) is 42.7 Å². The molecule has 1 saturated heterocycles. The summed E-state index contributed by atoms with van der Waals surface area (Å²) in [6.45, 7) is 1.59. The molecular weight excluding hydrogens is 280 g/mol. The van der Waals surface area contributed by atoms with E-state index in [1.165, 1.54) is 0 Å². The Bertz CT molecular complexity index is 634. The average molecular weight is 295 g/mol. The van der Waals surface area contributed by atoms with E-state index in [1.807, 2.05) is 6.07 Å². The van der Waals surface area contributed by atoms with Crippen molar-refractivity contribution in [3.05, 3.63) is 23.5 Å². The standard InChI is InChI=1S/C13H15ClN4O2/c14-9-7-16-12-11(9)10(1-4-15-12)18-5-2-8(3-6-18)17-13(19)20/h1,4,7-8,17H,2-3,5-6H2,(H,15,16)(H,19,20).